The van der Waals surface area contributed by atoms with Gasteiger partial charge in [0, 0.05) is 7.11 Å². The topological polar surface area (TPSA) is 46.5 Å². The van der Waals surface area contributed by atoms with E-state index in [1.54, 1.807) is 7.11 Å². The van der Waals surface area contributed by atoms with Crippen LogP contribution >= 0.6 is 15.9 Å². The minimum absolute atomic E-state index is 0.0134. The van der Waals surface area contributed by atoms with Crippen LogP contribution < -0.4 is 0 Å². The zero-order valence-electron chi connectivity index (χ0n) is 6.00. The van der Waals surface area contributed by atoms with Gasteiger partial charge in [-0.25, -0.2) is 0 Å². The van der Waals surface area contributed by atoms with Crippen LogP contribution in [0.4, 0.5) is 0 Å². The second-order valence-corrected chi connectivity index (χ2v) is 3.19. The second-order valence-electron chi connectivity index (χ2n) is 2.09. The molecule has 0 aliphatic carbocycles. The second kappa shape index (κ2) is 4.68. The van der Waals surface area contributed by atoms with E-state index in [2.05, 4.69) is 15.9 Å². The average molecular weight is 211 g/mol. The predicted octanol–water partition coefficient (Wildman–Crippen LogP) is 1.26. The van der Waals surface area contributed by atoms with Gasteiger partial charge in [-0.05, 0) is 13.3 Å². The van der Waals surface area contributed by atoms with Crippen LogP contribution in [0.15, 0.2) is 0 Å². The summed E-state index contributed by atoms with van der Waals surface area (Å²) in [7, 11) is 1.56. The maximum absolute atomic E-state index is 10.2. The van der Waals surface area contributed by atoms with Crippen molar-refractivity contribution < 1.29 is 14.6 Å². The Bertz CT molecular complexity index is 116. The lowest BCUT2D eigenvalue weighted by Gasteiger charge is -2.10. The molecule has 0 bridgehead atoms. The number of hydrogen-bond acceptors (Lipinski definition) is 2. The van der Waals surface area contributed by atoms with Gasteiger partial charge in [-0.3, -0.25) is 4.79 Å². The first-order valence-electron chi connectivity index (χ1n) is 2.97. The fourth-order valence-electron chi connectivity index (χ4n) is 0.488. The number of carboxylic acids is 1. The van der Waals surface area contributed by atoms with Crippen molar-refractivity contribution in [2.75, 3.05) is 7.11 Å². The molecule has 0 amide bonds. The summed E-state index contributed by atoms with van der Waals surface area (Å²) in [4.78, 5) is 9.75. The van der Waals surface area contributed by atoms with E-state index in [0.29, 0.717) is 6.42 Å². The fraction of sp³-hybridized carbons (Fsp3) is 0.833. The van der Waals surface area contributed by atoms with Crippen molar-refractivity contribution in [3.05, 3.63) is 0 Å². The van der Waals surface area contributed by atoms with Crippen LogP contribution in [0.25, 0.3) is 0 Å². The zero-order valence-corrected chi connectivity index (χ0v) is 7.59. The van der Waals surface area contributed by atoms with Crippen LogP contribution in [-0.4, -0.2) is 29.1 Å². The fourth-order valence-corrected chi connectivity index (χ4v) is 1.01. The molecule has 0 spiro atoms. The van der Waals surface area contributed by atoms with E-state index in [9.17, 15) is 4.79 Å². The maximum atomic E-state index is 10.2. The van der Waals surface area contributed by atoms with Gasteiger partial charge in [0.2, 0.25) is 0 Å². The predicted molar refractivity (Wildman–Crippen MR) is 41.4 cm³/mol. The van der Waals surface area contributed by atoms with Crippen LogP contribution in [0.5, 0.6) is 0 Å². The highest BCUT2D eigenvalue weighted by molar-refractivity contribution is 9.10. The van der Waals surface area contributed by atoms with Gasteiger partial charge in [-0.1, -0.05) is 15.9 Å². The number of carbonyl (C=O) groups is 1. The molecule has 0 radical (unpaired) electrons. The molecular formula is C6H11BrO3. The van der Waals surface area contributed by atoms with Crippen LogP contribution in [0.1, 0.15) is 13.3 Å². The summed E-state index contributed by atoms with van der Waals surface area (Å²) in [6, 6.07) is 0. The number of rotatable bonds is 4. The Balaban J connectivity index is 3.56. The van der Waals surface area contributed by atoms with Gasteiger partial charge in [0.25, 0.3) is 0 Å². The summed E-state index contributed by atoms with van der Waals surface area (Å²) < 4.78 is 4.88. The number of hydrogen-bond donors (Lipinski definition) is 1. The molecule has 1 N–H and O–H groups in total. The Kier molecular flexibility index (Phi) is 4.64. The van der Waals surface area contributed by atoms with Crippen molar-refractivity contribution >= 4 is 21.9 Å². The summed E-state index contributed by atoms with van der Waals surface area (Å²) in [5, 5.41) is 8.42. The number of alkyl halides is 1. The highest BCUT2D eigenvalue weighted by Crippen LogP contribution is 2.09. The van der Waals surface area contributed by atoms with Gasteiger partial charge in [-0.2, -0.15) is 0 Å². The molecule has 0 aromatic carbocycles. The first-order chi connectivity index (χ1) is 4.57. The van der Waals surface area contributed by atoms with Crippen LogP contribution in [0.2, 0.25) is 0 Å². The summed E-state index contributed by atoms with van der Waals surface area (Å²) in [6.07, 6.45) is 0.478. The normalized spacial score (nSPS) is 16.3. The number of aliphatic carboxylic acids is 1. The minimum atomic E-state index is -0.844. The maximum Gasteiger partial charge on any atom is 0.317 e. The standard InChI is InChI=1S/C6H11BrO3/c1-4(10-2)3-5(7)6(8)9/h4-5H,3H2,1-2H3,(H,8,9)/t4-,5?/m0/s1. The molecule has 4 heteroatoms. The quantitative estimate of drug-likeness (QED) is 0.712. The Labute approximate surface area is 68.5 Å². The molecule has 0 aliphatic rings. The molecule has 60 valence electrons. The molecule has 0 saturated heterocycles. The number of ether oxygens (including phenoxy) is 1. The molecule has 0 aromatic heterocycles. The van der Waals surface area contributed by atoms with Crippen molar-refractivity contribution in [2.45, 2.75) is 24.3 Å². The van der Waals surface area contributed by atoms with E-state index in [4.69, 9.17) is 9.84 Å². The number of carboxylic acid groups (broad SMARTS) is 1. The number of methoxy groups -OCH3 is 1. The molecule has 0 saturated carbocycles. The summed E-state index contributed by atoms with van der Waals surface area (Å²) >= 11 is 3.00. The van der Waals surface area contributed by atoms with E-state index in [-0.39, 0.29) is 6.10 Å². The lowest BCUT2D eigenvalue weighted by molar-refractivity contribution is -0.136. The molecule has 0 aliphatic heterocycles. The molecule has 0 heterocycles. The van der Waals surface area contributed by atoms with E-state index in [1.807, 2.05) is 6.92 Å². The molecule has 0 rings (SSSR count). The Morgan fingerprint density at radius 1 is 1.80 bits per heavy atom. The van der Waals surface area contributed by atoms with Gasteiger partial charge in [0.15, 0.2) is 0 Å². The van der Waals surface area contributed by atoms with Crippen molar-refractivity contribution in [2.24, 2.45) is 0 Å². The van der Waals surface area contributed by atoms with Gasteiger partial charge in [0.05, 0.1) is 6.10 Å². The third-order valence-electron chi connectivity index (χ3n) is 1.21. The van der Waals surface area contributed by atoms with E-state index < -0.39 is 10.8 Å². The lowest BCUT2D eigenvalue weighted by Crippen LogP contribution is -2.19. The summed E-state index contributed by atoms with van der Waals surface area (Å²) in [5.74, 6) is -0.844. The molecule has 1 unspecified atom stereocenters. The first-order valence-corrected chi connectivity index (χ1v) is 3.89. The molecule has 0 fully saturated rings. The van der Waals surface area contributed by atoms with E-state index in [1.165, 1.54) is 0 Å². The third-order valence-corrected chi connectivity index (χ3v) is 1.97. The lowest BCUT2D eigenvalue weighted by atomic mass is 10.2. The Morgan fingerprint density at radius 2 is 2.30 bits per heavy atom. The molecule has 0 aromatic rings. The Morgan fingerprint density at radius 3 is 2.60 bits per heavy atom. The van der Waals surface area contributed by atoms with Crippen LogP contribution in [0, 0.1) is 0 Å². The first kappa shape index (κ1) is 9.91. The van der Waals surface area contributed by atoms with Crippen molar-refractivity contribution in [1.29, 1.82) is 0 Å². The minimum Gasteiger partial charge on any atom is -0.480 e. The Hall–Kier alpha value is -0.0900. The highest BCUT2D eigenvalue weighted by atomic mass is 79.9. The van der Waals surface area contributed by atoms with Crippen molar-refractivity contribution in [3.63, 3.8) is 0 Å². The van der Waals surface area contributed by atoms with Crippen LogP contribution in [-0.2, 0) is 9.53 Å². The van der Waals surface area contributed by atoms with Crippen molar-refractivity contribution in [3.8, 4) is 0 Å². The van der Waals surface area contributed by atoms with Crippen molar-refractivity contribution in [1.82, 2.24) is 0 Å². The van der Waals surface area contributed by atoms with Gasteiger partial charge < -0.3 is 9.84 Å². The molecule has 2 atom stereocenters. The van der Waals surface area contributed by atoms with E-state index >= 15 is 0 Å². The largest absolute Gasteiger partial charge is 0.480 e. The monoisotopic (exact) mass is 210 g/mol. The molecular weight excluding hydrogens is 200 g/mol. The molecule has 10 heavy (non-hydrogen) atoms. The van der Waals surface area contributed by atoms with Gasteiger partial charge >= 0.3 is 5.97 Å². The summed E-state index contributed by atoms with van der Waals surface area (Å²) in [6.45, 7) is 1.83. The smallest absolute Gasteiger partial charge is 0.317 e. The summed E-state index contributed by atoms with van der Waals surface area (Å²) in [5.41, 5.74) is 0. The van der Waals surface area contributed by atoms with Gasteiger partial charge in [0.1, 0.15) is 4.83 Å². The number of halogens is 1. The third kappa shape index (κ3) is 3.85. The highest BCUT2D eigenvalue weighted by Gasteiger charge is 2.15. The SMILES string of the molecule is CO[C@@H](C)CC(Br)C(=O)O. The van der Waals surface area contributed by atoms with Crippen LogP contribution in [0.3, 0.4) is 0 Å². The van der Waals surface area contributed by atoms with E-state index in [0.717, 1.165) is 0 Å². The van der Waals surface area contributed by atoms with Gasteiger partial charge in [-0.15, -0.1) is 0 Å². The molecule has 3 nitrogen and oxygen atoms in total. The zero-order chi connectivity index (χ0) is 8.15. The average Bonchev–Trinajstić information content (AvgIpc) is 1.87.